The zero-order chi connectivity index (χ0) is 53.2. The van der Waals surface area contributed by atoms with E-state index in [4.69, 9.17) is 28.4 Å². The van der Waals surface area contributed by atoms with Gasteiger partial charge in [0.1, 0.15) is 55.4 Å². The maximum atomic E-state index is 13.1. The first-order valence-corrected chi connectivity index (χ1v) is 29.4. The third-order valence-corrected chi connectivity index (χ3v) is 14.2. The minimum atomic E-state index is -1.76. The second kappa shape index (κ2) is 45.0. The Morgan fingerprint density at radius 2 is 0.822 bits per heavy atom. The molecule has 0 aromatic heterocycles. The van der Waals surface area contributed by atoms with E-state index in [2.05, 4.69) is 38.2 Å². The Morgan fingerprint density at radius 3 is 1.29 bits per heavy atom. The standard InChI is InChI=1S/C58H106O15/c1-3-5-7-9-11-13-15-17-19-21-23-25-26-28-30-32-34-36-38-40-49(60)68-43-46(71-50(61)41-39-37-35-33-31-29-27-24-22-20-18-16-14-12-10-8-6-4-2)44-69-57-56(67)54(65)52(63)48(73-57)45-70-58-55(66)53(64)51(62)47(42-59)72-58/h14,16,20,22,46-48,51-59,62-67H,3-13,15,17-19,21,23-45H2,1-2H3/b16-14-,22-20-. The molecule has 0 aliphatic carbocycles. The quantitative estimate of drug-likeness (QED) is 0.0171. The Morgan fingerprint density at radius 1 is 0.438 bits per heavy atom. The monoisotopic (exact) mass is 1040 g/mol. The Bertz CT molecular complexity index is 1360. The second-order valence-corrected chi connectivity index (χ2v) is 20.8. The number of rotatable bonds is 47. The van der Waals surface area contributed by atoms with Gasteiger partial charge in [-0.1, -0.05) is 205 Å². The van der Waals surface area contributed by atoms with E-state index in [0.29, 0.717) is 12.8 Å². The number of unbranched alkanes of at least 4 members (excludes halogenated alkanes) is 29. The summed E-state index contributed by atoms with van der Waals surface area (Å²) in [4.78, 5) is 25.9. The van der Waals surface area contributed by atoms with E-state index < -0.39 is 92.7 Å². The van der Waals surface area contributed by atoms with Crippen molar-refractivity contribution in [3.8, 4) is 0 Å². The lowest BCUT2D eigenvalue weighted by molar-refractivity contribution is -0.332. The van der Waals surface area contributed by atoms with Crippen LogP contribution in [0.5, 0.6) is 0 Å². The van der Waals surface area contributed by atoms with Crippen molar-refractivity contribution in [3.63, 3.8) is 0 Å². The molecule has 0 bridgehead atoms. The van der Waals surface area contributed by atoms with Gasteiger partial charge in [0, 0.05) is 12.8 Å². The molecule has 0 amide bonds. The molecule has 0 spiro atoms. The average molecular weight is 1040 g/mol. The van der Waals surface area contributed by atoms with Gasteiger partial charge in [-0.15, -0.1) is 0 Å². The van der Waals surface area contributed by atoms with E-state index in [1.165, 1.54) is 135 Å². The van der Waals surface area contributed by atoms with Crippen molar-refractivity contribution in [1.82, 2.24) is 0 Å². The fraction of sp³-hybridized carbons (Fsp3) is 0.897. The van der Waals surface area contributed by atoms with Crippen molar-refractivity contribution in [1.29, 1.82) is 0 Å². The van der Waals surface area contributed by atoms with Gasteiger partial charge < -0.3 is 64.2 Å². The minimum absolute atomic E-state index is 0.159. The molecule has 2 aliphatic rings. The summed E-state index contributed by atoms with van der Waals surface area (Å²) in [7, 11) is 0. The number of hydrogen-bond donors (Lipinski definition) is 7. The van der Waals surface area contributed by atoms with E-state index >= 15 is 0 Å². The molecule has 15 nitrogen and oxygen atoms in total. The first-order valence-electron chi connectivity index (χ1n) is 29.4. The average Bonchev–Trinajstić information content (AvgIpc) is 3.38. The highest BCUT2D eigenvalue weighted by Crippen LogP contribution is 2.27. The largest absolute Gasteiger partial charge is 0.462 e. The number of aliphatic hydroxyl groups is 7. The summed E-state index contributed by atoms with van der Waals surface area (Å²) in [6.07, 6.45) is 31.9. The highest BCUT2D eigenvalue weighted by Gasteiger charge is 2.47. The van der Waals surface area contributed by atoms with Crippen LogP contribution < -0.4 is 0 Å². The SMILES string of the molecule is CCCCCC/C=C\C/C=C\CCCCCCCCCC(=O)OC(COC(=O)CCCCCCCCCCCCCCCCCCCCC)COC1OC(COC2OC(CO)C(O)C(O)C2O)C(O)C(O)C1O. The lowest BCUT2D eigenvalue weighted by Crippen LogP contribution is -2.61. The molecule has 0 aromatic carbocycles. The summed E-state index contributed by atoms with van der Waals surface area (Å²) < 4.78 is 33.7. The first-order chi connectivity index (χ1) is 35.5. The van der Waals surface area contributed by atoms with Crippen molar-refractivity contribution < 1.29 is 73.8 Å². The Hall–Kier alpha value is -2.02. The fourth-order valence-electron chi connectivity index (χ4n) is 9.37. The molecule has 2 saturated heterocycles. The molecule has 0 saturated carbocycles. The Kier molecular flexibility index (Phi) is 41.4. The predicted octanol–water partition coefficient (Wildman–Crippen LogP) is 9.89. The maximum Gasteiger partial charge on any atom is 0.306 e. The lowest BCUT2D eigenvalue weighted by Gasteiger charge is -2.42. The zero-order valence-electron chi connectivity index (χ0n) is 45.6. The van der Waals surface area contributed by atoms with Crippen LogP contribution in [0.15, 0.2) is 24.3 Å². The van der Waals surface area contributed by atoms with Crippen molar-refractivity contribution in [2.45, 2.75) is 306 Å². The van der Waals surface area contributed by atoms with E-state index in [1.54, 1.807) is 0 Å². The molecular weight excluding hydrogens is 937 g/mol. The number of esters is 2. The van der Waals surface area contributed by atoms with Gasteiger partial charge in [0.15, 0.2) is 18.7 Å². The number of hydrogen-bond acceptors (Lipinski definition) is 15. The summed E-state index contributed by atoms with van der Waals surface area (Å²) in [5.41, 5.74) is 0. The molecule has 2 rings (SSSR count). The second-order valence-electron chi connectivity index (χ2n) is 20.8. The van der Waals surface area contributed by atoms with Crippen LogP contribution in [0, 0.1) is 0 Å². The van der Waals surface area contributed by atoms with Crippen LogP contribution in [0.25, 0.3) is 0 Å². The van der Waals surface area contributed by atoms with Gasteiger partial charge >= 0.3 is 11.9 Å². The summed E-state index contributed by atoms with van der Waals surface area (Å²) in [5.74, 6) is -0.921. The van der Waals surface area contributed by atoms with Gasteiger partial charge in [0.05, 0.1) is 19.8 Å². The van der Waals surface area contributed by atoms with E-state index in [9.17, 15) is 45.3 Å². The third-order valence-electron chi connectivity index (χ3n) is 14.2. The Balaban J connectivity index is 1.75. The van der Waals surface area contributed by atoms with Gasteiger partial charge in [-0.05, 0) is 44.9 Å². The van der Waals surface area contributed by atoms with Crippen LogP contribution in [0.4, 0.5) is 0 Å². The van der Waals surface area contributed by atoms with Crippen LogP contribution in [0.3, 0.4) is 0 Å². The molecule has 2 fully saturated rings. The van der Waals surface area contributed by atoms with Crippen LogP contribution in [0.2, 0.25) is 0 Å². The number of carbonyl (C=O) groups excluding carboxylic acids is 2. The van der Waals surface area contributed by atoms with Crippen molar-refractivity contribution in [2.75, 3.05) is 26.4 Å². The molecule has 428 valence electrons. The molecule has 0 aromatic rings. The number of allylic oxidation sites excluding steroid dienone is 4. The third kappa shape index (κ3) is 32.4. The van der Waals surface area contributed by atoms with Gasteiger partial charge in [0.2, 0.25) is 0 Å². The zero-order valence-corrected chi connectivity index (χ0v) is 45.6. The topological polar surface area (TPSA) is 231 Å². The van der Waals surface area contributed by atoms with Gasteiger partial charge in [-0.25, -0.2) is 0 Å². The number of carbonyl (C=O) groups is 2. The molecule has 73 heavy (non-hydrogen) atoms. The lowest BCUT2D eigenvalue weighted by atomic mass is 9.98. The minimum Gasteiger partial charge on any atom is -0.462 e. The van der Waals surface area contributed by atoms with Crippen molar-refractivity contribution >= 4 is 11.9 Å². The molecule has 7 N–H and O–H groups in total. The summed E-state index contributed by atoms with van der Waals surface area (Å²) in [6.45, 7) is 2.61. The van der Waals surface area contributed by atoms with E-state index in [-0.39, 0.29) is 26.1 Å². The van der Waals surface area contributed by atoms with Crippen molar-refractivity contribution in [3.05, 3.63) is 24.3 Å². The molecule has 0 radical (unpaired) electrons. The van der Waals surface area contributed by atoms with Gasteiger partial charge in [0.25, 0.3) is 0 Å². The van der Waals surface area contributed by atoms with Crippen molar-refractivity contribution in [2.24, 2.45) is 0 Å². The highest BCUT2D eigenvalue weighted by atomic mass is 16.7. The van der Waals surface area contributed by atoms with E-state index in [0.717, 1.165) is 64.2 Å². The molecule has 15 heteroatoms. The molecule has 2 aliphatic heterocycles. The molecular formula is C58H106O15. The van der Waals surface area contributed by atoms with Crippen LogP contribution in [-0.4, -0.2) is 142 Å². The van der Waals surface area contributed by atoms with Gasteiger partial charge in [-0.3, -0.25) is 9.59 Å². The normalized spacial score (nSPS) is 24.9. The summed E-state index contributed by atoms with van der Waals surface area (Å²) >= 11 is 0. The van der Waals surface area contributed by atoms with Crippen LogP contribution in [-0.2, 0) is 38.0 Å². The molecule has 2 heterocycles. The van der Waals surface area contributed by atoms with E-state index in [1.807, 2.05) is 0 Å². The number of ether oxygens (including phenoxy) is 6. The highest BCUT2D eigenvalue weighted by molar-refractivity contribution is 5.70. The smallest absolute Gasteiger partial charge is 0.306 e. The predicted molar refractivity (Wildman–Crippen MR) is 284 cm³/mol. The number of aliphatic hydroxyl groups excluding tert-OH is 7. The fourth-order valence-corrected chi connectivity index (χ4v) is 9.37. The van der Waals surface area contributed by atoms with Gasteiger partial charge in [-0.2, -0.15) is 0 Å². The first kappa shape index (κ1) is 67.1. The van der Waals surface area contributed by atoms with Crippen LogP contribution in [0.1, 0.15) is 239 Å². The van der Waals surface area contributed by atoms with Crippen LogP contribution >= 0.6 is 0 Å². The summed E-state index contributed by atoms with van der Waals surface area (Å²) in [6, 6.07) is 0. The maximum absolute atomic E-state index is 13.1. The summed E-state index contributed by atoms with van der Waals surface area (Å²) in [5, 5.41) is 72.3. The Labute approximate surface area is 441 Å². The molecule has 11 atom stereocenters. The molecule has 11 unspecified atom stereocenters.